The second-order valence-corrected chi connectivity index (χ2v) is 3.83. The minimum Gasteiger partial charge on any atom is -0.396 e. The molecular weight excluding hydrogens is 232 g/mol. The third kappa shape index (κ3) is 2.68. The number of nitrogens with zero attached hydrogens (tertiary/aromatic N) is 3. The lowest BCUT2D eigenvalue weighted by Gasteiger charge is -2.02. The summed E-state index contributed by atoms with van der Waals surface area (Å²) in [6.45, 7) is 3.11. The smallest absolute Gasteiger partial charge is 0.273 e. The van der Waals surface area contributed by atoms with Gasteiger partial charge in [-0.15, -0.1) is 0 Å². The van der Waals surface area contributed by atoms with Crippen LogP contribution in [0.2, 0.25) is 0 Å². The summed E-state index contributed by atoms with van der Waals surface area (Å²) in [6.07, 6.45) is 5.73. The second-order valence-electron chi connectivity index (χ2n) is 3.83. The van der Waals surface area contributed by atoms with Crippen LogP contribution in [0.4, 0.5) is 5.69 Å². The fraction of sp³-hybridized carbons (Fsp3) is 0.364. The molecule has 0 aliphatic rings. The lowest BCUT2D eigenvalue weighted by Crippen LogP contribution is -2.27. The van der Waals surface area contributed by atoms with E-state index in [0.717, 1.165) is 5.82 Å². The summed E-state index contributed by atoms with van der Waals surface area (Å²) in [4.78, 5) is 18.9. The largest absolute Gasteiger partial charge is 0.396 e. The maximum atomic E-state index is 11.8. The maximum Gasteiger partial charge on any atom is 0.273 e. The zero-order valence-corrected chi connectivity index (χ0v) is 10.2. The highest BCUT2D eigenvalue weighted by Gasteiger charge is 2.13. The number of H-pyrrole nitrogens is 1. The molecule has 2 aromatic heterocycles. The number of rotatable bonds is 5. The number of aromatic amines is 1. The first kappa shape index (κ1) is 12.2. The van der Waals surface area contributed by atoms with E-state index in [2.05, 4.69) is 20.4 Å². The van der Waals surface area contributed by atoms with Crippen LogP contribution in [0.1, 0.15) is 23.2 Å². The third-order valence-corrected chi connectivity index (χ3v) is 2.53. The first-order valence-electron chi connectivity index (χ1n) is 5.80. The number of hydrogen-bond acceptors (Lipinski definition) is 4. The fourth-order valence-electron chi connectivity index (χ4n) is 1.59. The highest BCUT2D eigenvalue weighted by atomic mass is 16.1. The number of anilines is 1. The molecule has 0 bridgehead atoms. The molecule has 2 heterocycles. The lowest BCUT2D eigenvalue weighted by atomic mass is 10.3. The zero-order valence-electron chi connectivity index (χ0n) is 10.2. The molecule has 0 fully saturated rings. The maximum absolute atomic E-state index is 11.8. The Balaban J connectivity index is 1.89. The van der Waals surface area contributed by atoms with Crippen LogP contribution in [-0.2, 0) is 13.0 Å². The molecule has 96 valence electrons. The van der Waals surface area contributed by atoms with Gasteiger partial charge in [0.15, 0.2) is 5.69 Å². The number of nitrogens with two attached hydrogens (primary N) is 1. The Hall–Kier alpha value is -2.31. The van der Waals surface area contributed by atoms with Crippen LogP contribution in [-0.4, -0.2) is 32.2 Å². The molecule has 0 radical (unpaired) electrons. The van der Waals surface area contributed by atoms with Crippen molar-refractivity contribution >= 4 is 11.6 Å². The van der Waals surface area contributed by atoms with Crippen molar-refractivity contribution in [1.29, 1.82) is 0 Å². The SMILES string of the molecule is CCn1cc(N)c(C(=O)NCCc2ncc[nH]2)n1. The molecule has 2 aromatic rings. The Kier molecular flexibility index (Phi) is 3.61. The molecule has 2 rings (SSSR count). The normalized spacial score (nSPS) is 10.5. The molecule has 0 aliphatic carbocycles. The molecule has 4 N–H and O–H groups in total. The van der Waals surface area contributed by atoms with Crippen LogP contribution >= 0.6 is 0 Å². The van der Waals surface area contributed by atoms with Gasteiger partial charge in [0.2, 0.25) is 0 Å². The topological polar surface area (TPSA) is 102 Å². The van der Waals surface area contributed by atoms with E-state index in [1.54, 1.807) is 23.3 Å². The van der Waals surface area contributed by atoms with E-state index in [-0.39, 0.29) is 11.6 Å². The Bertz CT molecular complexity index is 516. The summed E-state index contributed by atoms with van der Waals surface area (Å²) < 4.78 is 1.64. The summed E-state index contributed by atoms with van der Waals surface area (Å²) in [7, 11) is 0. The molecule has 0 atom stereocenters. The third-order valence-electron chi connectivity index (χ3n) is 2.53. The van der Waals surface area contributed by atoms with Crippen LogP contribution in [0.15, 0.2) is 18.6 Å². The van der Waals surface area contributed by atoms with Gasteiger partial charge in [-0.25, -0.2) is 4.98 Å². The summed E-state index contributed by atoms with van der Waals surface area (Å²) in [5, 5.41) is 6.86. The zero-order chi connectivity index (χ0) is 13.0. The number of nitrogens with one attached hydrogen (secondary N) is 2. The lowest BCUT2D eigenvalue weighted by molar-refractivity contribution is 0.0949. The van der Waals surface area contributed by atoms with Gasteiger partial charge in [-0.2, -0.15) is 5.10 Å². The Labute approximate surface area is 104 Å². The number of carbonyl (C=O) groups excluding carboxylic acids is 1. The first-order valence-corrected chi connectivity index (χ1v) is 5.80. The molecule has 0 aromatic carbocycles. The molecule has 0 unspecified atom stereocenters. The minimum absolute atomic E-state index is 0.258. The highest BCUT2D eigenvalue weighted by Crippen LogP contribution is 2.08. The molecule has 18 heavy (non-hydrogen) atoms. The van der Waals surface area contributed by atoms with Crippen molar-refractivity contribution in [3.05, 3.63) is 30.1 Å². The van der Waals surface area contributed by atoms with E-state index in [1.807, 2.05) is 6.92 Å². The van der Waals surface area contributed by atoms with Crippen molar-refractivity contribution in [3.8, 4) is 0 Å². The number of carbonyl (C=O) groups is 1. The van der Waals surface area contributed by atoms with Gasteiger partial charge in [-0.1, -0.05) is 0 Å². The monoisotopic (exact) mass is 248 g/mol. The number of nitrogen functional groups attached to an aromatic ring is 1. The summed E-state index contributed by atoms with van der Waals surface area (Å²) in [5.74, 6) is 0.577. The van der Waals surface area contributed by atoms with Crippen LogP contribution in [0.5, 0.6) is 0 Å². The molecule has 0 spiro atoms. The molecule has 0 aliphatic heterocycles. The van der Waals surface area contributed by atoms with Gasteiger partial charge in [-0.05, 0) is 6.92 Å². The van der Waals surface area contributed by atoms with Crippen molar-refractivity contribution in [2.45, 2.75) is 19.9 Å². The van der Waals surface area contributed by atoms with Crippen molar-refractivity contribution in [2.75, 3.05) is 12.3 Å². The van der Waals surface area contributed by atoms with Gasteiger partial charge in [0.05, 0.1) is 5.69 Å². The Morgan fingerprint density at radius 3 is 3.06 bits per heavy atom. The van der Waals surface area contributed by atoms with Gasteiger partial charge < -0.3 is 16.0 Å². The highest BCUT2D eigenvalue weighted by molar-refractivity contribution is 5.96. The number of imidazole rings is 1. The number of aromatic nitrogens is 4. The molecule has 7 heteroatoms. The Morgan fingerprint density at radius 2 is 2.44 bits per heavy atom. The van der Waals surface area contributed by atoms with Crippen molar-refractivity contribution < 1.29 is 4.79 Å². The van der Waals surface area contributed by atoms with Crippen LogP contribution < -0.4 is 11.1 Å². The average Bonchev–Trinajstić information content (AvgIpc) is 2.98. The summed E-state index contributed by atoms with van der Waals surface area (Å²) in [5.41, 5.74) is 6.39. The van der Waals surface area contributed by atoms with E-state index < -0.39 is 0 Å². The first-order chi connectivity index (χ1) is 8.70. The van der Waals surface area contributed by atoms with Crippen molar-refractivity contribution in [1.82, 2.24) is 25.1 Å². The number of amides is 1. The van der Waals surface area contributed by atoms with Crippen LogP contribution in [0, 0.1) is 0 Å². The van der Waals surface area contributed by atoms with Gasteiger partial charge in [0.25, 0.3) is 5.91 Å². The molecular formula is C11H16N6O. The standard InChI is InChI=1S/C11H16N6O/c1-2-17-7-8(12)10(16-17)11(18)15-4-3-9-13-5-6-14-9/h5-7H,2-4,12H2,1H3,(H,13,14)(H,15,18). The van der Waals surface area contributed by atoms with Crippen molar-refractivity contribution in [3.63, 3.8) is 0 Å². The predicted octanol–water partition coefficient (Wildman–Crippen LogP) is 0.181. The van der Waals surface area contributed by atoms with Crippen LogP contribution in [0.25, 0.3) is 0 Å². The van der Waals surface area contributed by atoms with Gasteiger partial charge in [0.1, 0.15) is 5.82 Å². The van der Waals surface area contributed by atoms with Crippen molar-refractivity contribution in [2.24, 2.45) is 0 Å². The van der Waals surface area contributed by atoms with Gasteiger partial charge in [-0.3, -0.25) is 9.48 Å². The molecule has 1 amide bonds. The van der Waals surface area contributed by atoms with E-state index >= 15 is 0 Å². The quantitative estimate of drug-likeness (QED) is 0.702. The average molecular weight is 248 g/mol. The Morgan fingerprint density at radius 1 is 1.61 bits per heavy atom. The second kappa shape index (κ2) is 5.35. The molecule has 0 saturated heterocycles. The van der Waals surface area contributed by atoms with Gasteiger partial charge in [0, 0.05) is 38.1 Å². The van der Waals surface area contributed by atoms with E-state index in [9.17, 15) is 4.79 Å². The summed E-state index contributed by atoms with van der Waals surface area (Å²) in [6, 6.07) is 0. The molecule has 0 saturated carbocycles. The number of aryl methyl sites for hydroxylation is 1. The predicted molar refractivity (Wildman–Crippen MR) is 66.9 cm³/mol. The minimum atomic E-state index is -0.258. The van der Waals surface area contributed by atoms with E-state index in [4.69, 9.17) is 5.73 Å². The van der Waals surface area contributed by atoms with Crippen LogP contribution in [0.3, 0.4) is 0 Å². The van der Waals surface area contributed by atoms with E-state index in [0.29, 0.717) is 25.2 Å². The number of hydrogen-bond donors (Lipinski definition) is 3. The summed E-state index contributed by atoms with van der Waals surface area (Å²) >= 11 is 0. The van der Waals surface area contributed by atoms with E-state index in [1.165, 1.54) is 0 Å². The fourth-order valence-corrected chi connectivity index (χ4v) is 1.59. The van der Waals surface area contributed by atoms with Gasteiger partial charge >= 0.3 is 0 Å². The molecule has 7 nitrogen and oxygen atoms in total.